The fourth-order valence-electron chi connectivity index (χ4n) is 1.31. The molecule has 0 aliphatic carbocycles. The Balaban J connectivity index is 2.02. The van der Waals surface area contributed by atoms with Crippen molar-refractivity contribution >= 4 is 39.3 Å². The number of thioether (sulfide) groups is 1. The number of hydrogen-bond acceptors (Lipinski definition) is 1. The van der Waals surface area contributed by atoms with Gasteiger partial charge in [-0.05, 0) is 35.9 Å². The molecule has 0 unspecified atom stereocenters. The first kappa shape index (κ1) is 12.9. The zero-order valence-electron chi connectivity index (χ0n) is 8.79. The maximum Gasteiger partial charge on any atom is 0.141 e. The molecule has 88 valence electrons. The molecular formula is C13H9BrClFS. The monoisotopic (exact) mass is 330 g/mol. The summed E-state index contributed by atoms with van der Waals surface area (Å²) < 4.78 is 14.0. The molecule has 0 heterocycles. The van der Waals surface area contributed by atoms with Crippen LogP contribution in [0.15, 0.2) is 51.8 Å². The van der Waals surface area contributed by atoms with Crippen molar-refractivity contribution < 1.29 is 4.39 Å². The van der Waals surface area contributed by atoms with E-state index in [0.29, 0.717) is 0 Å². The van der Waals surface area contributed by atoms with Gasteiger partial charge in [0, 0.05) is 15.1 Å². The Labute approximate surface area is 117 Å². The van der Waals surface area contributed by atoms with Crippen LogP contribution in [-0.2, 0) is 5.75 Å². The van der Waals surface area contributed by atoms with E-state index in [2.05, 4.69) is 28.1 Å². The molecule has 17 heavy (non-hydrogen) atoms. The van der Waals surface area contributed by atoms with Crippen LogP contribution in [0, 0.1) is 5.82 Å². The van der Waals surface area contributed by atoms with Crippen LogP contribution < -0.4 is 0 Å². The molecule has 0 bridgehead atoms. The quantitative estimate of drug-likeness (QED) is 0.666. The molecule has 0 nitrogen and oxygen atoms in total. The summed E-state index contributed by atoms with van der Waals surface area (Å²) in [4.78, 5) is 0.972. The van der Waals surface area contributed by atoms with Gasteiger partial charge >= 0.3 is 0 Å². The molecule has 0 aliphatic heterocycles. The van der Waals surface area contributed by atoms with Crippen LogP contribution in [0.25, 0.3) is 0 Å². The third-order valence-electron chi connectivity index (χ3n) is 2.21. The van der Waals surface area contributed by atoms with Crippen molar-refractivity contribution in [1.82, 2.24) is 0 Å². The van der Waals surface area contributed by atoms with Crippen molar-refractivity contribution in [3.05, 3.63) is 63.3 Å². The van der Waals surface area contributed by atoms with Crippen LogP contribution in [0.1, 0.15) is 5.56 Å². The van der Waals surface area contributed by atoms with E-state index >= 15 is 0 Å². The molecule has 2 rings (SSSR count). The minimum Gasteiger partial charge on any atom is -0.205 e. The van der Waals surface area contributed by atoms with E-state index in [9.17, 15) is 4.39 Å². The minimum atomic E-state index is -0.375. The Kier molecular flexibility index (Phi) is 4.48. The second-order valence-corrected chi connectivity index (χ2v) is 5.86. The summed E-state index contributed by atoms with van der Waals surface area (Å²) in [5, 5.41) is 0.172. The summed E-state index contributed by atoms with van der Waals surface area (Å²) >= 11 is 10.8. The summed E-state index contributed by atoms with van der Waals surface area (Å²) in [6, 6.07) is 12.9. The van der Waals surface area contributed by atoms with E-state index in [-0.39, 0.29) is 10.8 Å². The van der Waals surface area contributed by atoms with Crippen LogP contribution in [-0.4, -0.2) is 0 Å². The number of rotatable bonds is 3. The molecule has 0 aromatic heterocycles. The summed E-state index contributed by atoms with van der Waals surface area (Å²) in [6.45, 7) is 0. The van der Waals surface area contributed by atoms with Crippen molar-refractivity contribution in [2.45, 2.75) is 10.6 Å². The first-order valence-electron chi connectivity index (χ1n) is 4.97. The van der Waals surface area contributed by atoms with E-state index < -0.39 is 0 Å². The van der Waals surface area contributed by atoms with E-state index in [1.807, 2.05) is 12.1 Å². The highest BCUT2D eigenvalue weighted by Gasteiger charge is 2.02. The molecule has 2 aromatic carbocycles. The standard InChI is InChI=1S/C13H9BrClFS/c14-10-3-1-9(2-4-10)8-17-11-5-6-13(16)12(15)7-11/h1-7H,8H2. The topological polar surface area (TPSA) is 0 Å². The van der Waals surface area contributed by atoms with Crippen LogP contribution >= 0.6 is 39.3 Å². The van der Waals surface area contributed by atoms with E-state index in [0.717, 1.165) is 15.1 Å². The molecule has 0 spiro atoms. The average Bonchev–Trinajstić information content (AvgIpc) is 2.33. The molecule has 0 saturated carbocycles. The van der Waals surface area contributed by atoms with Crippen LogP contribution in [0.5, 0.6) is 0 Å². The van der Waals surface area contributed by atoms with E-state index in [1.165, 1.54) is 11.6 Å². The zero-order valence-corrected chi connectivity index (χ0v) is 11.9. The van der Waals surface area contributed by atoms with Crippen molar-refractivity contribution in [2.75, 3.05) is 0 Å². The lowest BCUT2D eigenvalue weighted by Crippen LogP contribution is -1.81. The van der Waals surface area contributed by atoms with Crippen LogP contribution in [0.3, 0.4) is 0 Å². The van der Waals surface area contributed by atoms with Gasteiger partial charge in [-0.25, -0.2) is 4.39 Å². The third-order valence-corrected chi connectivity index (χ3v) is 4.09. The number of halogens is 3. The predicted molar refractivity (Wildman–Crippen MR) is 75.1 cm³/mol. The normalized spacial score (nSPS) is 10.5. The molecule has 0 N–H and O–H groups in total. The van der Waals surface area contributed by atoms with Gasteiger partial charge in [0.2, 0.25) is 0 Å². The number of hydrogen-bond donors (Lipinski definition) is 0. The maximum absolute atomic E-state index is 13.0. The lowest BCUT2D eigenvalue weighted by molar-refractivity contribution is 0.627. The highest BCUT2D eigenvalue weighted by molar-refractivity contribution is 9.10. The molecule has 0 radical (unpaired) electrons. The Morgan fingerprint density at radius 2 is 1.82 bits per heavy atom. The fraction of sp³-hybridized carbons (Fsp3) is 0.0769. The van der Waals surface area contributed by atoms with Gasteiger partial charge in [-0.1, -0.05) is 39.7 Å². The molecule has 0 saturated heterocycles. The Hall–Kier alpha value is -0.510. The predicted octanol–water partition coefficient (Wildman–Crippen LogP) is 5.53. The fourth-order valence-corrected chi connectivity index (χ4v) is 2.71. The second kappa shape index (κ2) is 5.89. The van der Waals surface area contributed by atoms with Gasteiger partial charge in [-0.2, -0.15) is 0 Å². The molecule has 0 fully saturated rings. The first-order chi connectivity index (χ1) is 8.15. The molecular weight excluding hydrogens is 323 g/mol. The average molecular weight is 332 g/mol. The summed E-state index contributed by atoms with van der Waals surface area (Å²) in [6.07, 6.45) is 0. The number of benzene rings is 2. The van der Waals surface area contributed by atoms with Crippen molar-refractivity contribution in [3.8, 4) is 0 Å². The van der Waals surface area contributed by atoms with Crippen molar-refractivity contribution in [1.29, 1.82) is 0 Å². The highest BCUT2D eigenvalue weighted by atomic mass is 79.9. The van der Waals surface area contributed by atoms with Gasteiger partial charge in [0.15, 0.2) is 0 Å². The van der Waals surface area contributed by atoms with E-state index in [4.69, 9.17) is 11.6 Å². The lowest BCUT2D eigenvalue weighted by atomic mass is 10.2. The van der Waals surface area contributed by atoms with Gasteiger partial charge < -0.3 is 0 Å². The SMILES string of the molecule is Fc1ccc(SCc2ccc(Br)cc2)cc1Cl. The van der Waals surface area contributed by atoms with Gasteiger partial charge in [-0.15, -0.1) is 11.8 Å². The zero-order chi connectivity index (χ0) is 12.3. The Morgan fingerprint density at radius 1 is 1.12 bits per heavy atom. The van der Waals surface area contributed by atoms with Gasteiger partial charge in [0.1, 0.15) is 5.82 Å². The Bertz CT molecular complexity index is 513. The minimum absolute atomic E-state index is 0.172. The lowest BCUT2D eigenvalue weighted by Gasteiger charge is -2.03. The molecule has 0 amide bonds. The smallest absolute Gasteiger partial charge is 0.141 e. The summed E-state index contributed by atoms with van der Waals surface area (Å²) in [7, 11) is 0. The van der Waals surface area contributed by atoms with Gasteiger partial charge in [0.05, 0.1) is 5.02 Å². The third kappa shape index (κ3) is 3.73. The summed E-state index contributed by atoms with van der Waals surface area (Å²) in [5.41, 5.74) is 1.22. The molecule has 0 aliphatic rings. The summed E-state index contributed by atoms with van der Waals surface area (Å²) in [5.74, 6) is 0.467. The largest absolute Gasteiger partial charge is 0.205 e. The van der Waals surface area contributed by atoms with Gasteiger partial charge in [0.25, 0.3) is 0 Å². The van der Waals surface area contributed by atoms with Gasteiger partial charge in [-0.3, -0.25) is 0 Å². The Morgan fingerprint density at radius 3 is 2.47 bits per heavy atom. The molecule has 2 aromatic rings. The second-order valence-electron chi connectivity index (χ2n) is 3.49. The van der Waals surface area contributed by atoms with E-state index in [1.54, 1.807) is 23.9 Å². The molecule has 0 atom stereocenters. The van der Waals surface area contributed by atoms with Crippen LogP contribution in [0.4, 0.5) is 4.39 Å². The maximum atomic E-state index is 13.0. The van der Waals surface area contributed by atoms with Crippen molar-refractivity contribution in [2.24, 2.45) is 0 Å². The molecule has 4 heteroatoms. The van der Waals surface area contributed by atoms with Crippen molar-refractivity contribution in [3.63, 3.8) is 0 Å². The first-order valence-corrected chi connectivity index (χ1v) is 7.13. The highest BCUT2D eigenvalue weighted by Crippen LogP contribution is 2.27. The van der Waals surface area contributed by atoms with Crippen LogP contribution in [0.2, 0.25) is 5.02 Å².